The van der Waals surface area contributed by atoms with Crippen molar-refractivity contribution in [2.24, 2.45) is 0 Å². The summed E-state index contributed by atoms with van der Waals surface area (Å²) in [7, 11) is 1.92. The van der Waals surface area contributed by atoms with E-state index in [0.717, 1.165) is 12.3 Å². The first-order valence-corrected chi connectivity index (χ1v) is 8.39. The maximum Gasteiger partial charge on any atom is 0.410 e. The summed E-state index contributed by atoms with van der Waals surface area (Å²) in [4.78, 5) is 26.7. The number of carboxylic acids is 1. The zero-order chi connectivity index (χ0) is 16.3. The summed E-state index contributed by atoms with van der Waals surface area (Å²) in [6.07, 6.45) is 1.68. The number of likely N-dealkylation sites (N-methyl/N-ethyl adjacent to an activating group) is 1. The number of hydrogen-bond acceptors (Lipinski definition) is 5. The molecule has 122 valence electrons. The topological polar surface area (TPSA) is 70.1 Å². The van der Waals surface area contributed by atoms with E-state index >= 15 is 0 Å². The van der Waals surface area contributed by atoms with Crippen LogP contribution in [0.5, 0.6) is 0 Å². The molecule has 0 aliphatic carbocycles. The molecular weight excluding hydrogens is 292 g/mol. The molecule has 0 aromatic rings. The van der Waals surface area contributed by atoms with Crippen molar-refractivity contribution < 1.29 is 19.4 Å². The van der Waals surface area contributed by atoms with Gasteiger partial charge in [0.15, 0.2) is 0 Å². The van der Waals surface area contributed by atoms with E-state index < -0.39 is 17.1 Å². The average Bonchev–Trinajstić information content (AvgIpc) is 2.27. The number of carbonyl (C=O) groups is 2. The third-order valence-corrected chi connectivity index (χ3v) is 4.13. The average molecular weight is 318 g/mol. The fourth-order valence-electron chi connectivity index (χ4n) is 2.35. The minimum atomic E-state index is -0.838. The molecule has 0 radical (unpaired) electrons. The number of thioether (sulfide) groups is 1. The summed E-state index contributed by atoms with van der Waals surface area (Å²) in [5, 5.41) is 9.13. The molecule has 0 atom stereocenters. The Morgan fingerprint density at radius 2 is 1.95 bits per heavy atom. The molecule has 1 saturated heterocycles. The maximum absolute atomic E-state index is 12.0. The number of ether oxygens (including phenoxy) is 1. The third kappa shape index (κ3) is 5.07. The van der Waals surface area contributed by atoms with Gasteiger partial charge < -0.3 is 14.7 Å². The van der Waals surface area contributed by atoms with E-state index in [9.17, 15) is 9.59 Å². The molecule has 1 aliphatic heterocycles. The van der Waals surface area contributed by atoms with Gasteiger partial charge in [-0.25, -0.2) is 4.79 Å². The van der Waals surface area contributed by atoms with Crippen LogP contribution in [-0.4, -0.2) is 76.8 Å². The second kappa shape index (κ2) is 6.87. The molecule has 21 heavy (non-hydrogen) atoms. The van der Waals surface area contributed by atoms with Gasteiger partial charge in [-0.15, -0.1) is 0 Å². The van der Waals surface area contributed by atoms with Gasteiger partial charge in [0.2, 0.25) is 0 Å². The van der Waals surface area contributed by atoms with Crippen molar-refractivity contribution in [3.63, 3.8) is 0 Å². The zero-order valence-corrected chi connectivity index (χ0v) is 14.3. The van der Waals surface area contributed by atoms with Crippen LogP contribution in [0.25, 0.3) is 0 Å². The van der Waals surface area contributed by atoms with Crippen LogP contribution < -0.4 is 0 Å². The highest BCUT2D eigenvalue weighted by molar-refractivity contribution is 7.98. The molecule has 1 N–H and O–H groups in total. The first-order chi connectivity index (χ1) is 9.59. The van der Waals surface area contributed by atoms with Crippen LogP contribution in [0.1, 0.15) is 27.2 Å². The van der Waals surface area contributed by atoms with Crippen molar-refractivity contribution in [3.05, 3.63) is 0 Å². The molecule has 1 heterocycles. The lowest BCUT2D eigenvalue weighted by atomic mass is 9.85. The van der Waals surface area contributed by atoms with Crippen molar-refractivity contribution in [3.8, 4) is 0 Å². The van der Waals surface area contributed by atoms with E-state index in [1.807, 2.05) is 34.1 Å². The second-order valence-corrected chi connectivity index (χ2v) is 7.53. The highest BCUT2D eigenvalue weighted by Crippen LogP contribution is 2.31. The monoisotopic (exact) mass is 318 g/mol. The van der Waals surface area contributed by atoms with Gasteiger partial charge in [0, 0.05) is 25.4 Å². The Hall–Kier alpha value is -0.950. The van der Waals surface area contributed by atoms with Crippen LogP contribution in [0.4, 0.5) is 4.79 Å². The number of nitrogens with zero attached hydrogens (tertiary/aromatic N) is 2. The Bertz CT molecular complexity index is 389. The van der Waals surface area contributed by atoms with Gasteiger partial charge in [-0.2, -0.15) is 11.8 Å². The summed E-state index contributed by atoms with van der Waals surface area (Å²) in [5.41, 5.74) is -1.01. The number of likely N-dealkylation sites (tertiary alicyclic amines) is 1. The fraction of sp³-hybridized carbons (Fsp3) is 0.857. The lowest BCUT2D eigenvalue weighted by Crippen LogP contribution is -2.71. The maximum atomic E-state index is 12.0. The Morgan fingerprint density at radius 1 is 1.38 bits per heavy atom. The number of rotatable bonds is 6. The molecule has 1 rings (SSSR count). The second-order valence-electron chi connectivity index (χ2n) is 6.55. The molecule has 7 heteroatoms. The molecule has 0 saturated carbocycles. The Morgan fingerprint density at radius 3 is 2.38 bits per heavy atom. The van der Waals surface area contributed by atoms with Gasteiger partial charge in [-0.3, -0.25) is 9.69 Å². The standard InChI is InChI=1S/C14H26N2O4S/c1-13(2,3)20-12(19)16-9-14(10-16,8-11(17)18)15(4)6-7-21-5/h6-10H2,1-5H3,(H,17,18). The van der Waals surface area contributed by atoms with E-state index in [4.69, 9.17) is 9.84 Å². The zero-order valence-electron chi connectivity index (χ0n) is 13.5. The number of aliphatic carboxylic acids is 1. The van der Waals surface area contributed by atoms with Crippen molar-refractivity contribution in [2.75, 3.05) is 38.7 Å². The first kappa shape index (κ1) is 18.1. The SMILES string of the molecule is CSCCN(C)C1(CC(=O)O)CN(C(=O)OC(C)(C)C)C1. The summed E-state index contributed by atoms with van der Waals surface area (Å²) >= 11 is 1.72. The largest absolute Gasteiger partial charge is 0.481 e. The number of hydrogen-bond donors (Lipinski definition) is 1. The first-order valence-electron chi connectivity index (χ1n) is 6.99. The number of carboxylic acid groups (broad SMARTS) is 1. The van der Waals surface area contributed by atoms with Crippen LogP contribution in [0.3, 0.4) is 0 Å². The molecular formula is C14H26N2O4S. The molecule has 0 aromatic carbocycles. The summed E-state index contributed by atoms with van der Waals surface area (Å²) in [6, 6.07) is 0. The minimum absolute atomic E-state index is 0.0389. The predicted octanol–water partition coefficient (Wildman–Crippen LogP) is 1.75. The molecule has 0 spiro atoms. The van der Waals surface area contributed by atoms with Gasteiger partial charge in [0.25, 0.3) is 0 Å². The normalized spacial score (nSPS) is 17.5. The van der Waals surface area contributed by atoms with E-state index in [1.54, 1.807) is 16.7 Å². The van der Waals surface area contributed by atoms with E-state index in [1.165, 1.54) is 0 Å². The van der Waals surface area contributed by atoms with Gasteiger partial charge in [-0.1, -0.05) is 0 Å². The Balaban J connectivity index is 2.65. The summed E-state index contributed by atoms with van der Waals surface area (Å²) in [6.45, 7) is 7.06. The molecule has 1 amide bonds. The molecule has 0 bridgehead atoms. The van der Waals surface area contributed by atoms with Gasteiger partial charge in [0.1, 0.15) is 5.60 Å². The quantitative estimate of drug-likeness (QED) is 0.804. The highest BCUT2D eigenvalue weighted by atomic mass is 32.2. The molecule has 0 aromatic heterocycles. The van der Waals surface area contributed by atoms with Crippen LogP contribution in [-0.2, 0) is 9.53 Å². The Kier molecular flexibility index (Phi) is 5.92. The van der Waals surface area contributed by atoms with Crippen molar-refractivity contribution in [2.45, 2.75) is 38.3 Å². The summed E-state index contributed by atoms with van der Waals surface area (Å²) < 4.78 is 5.32. The predicted molar refractivity (Wildman–Crippen MR) is 83.8 cm³/mol. The van der Waals surface area contributed by atoms with Gasteiger partial charge in [-0.05, 0) is 34.1 Å². The molecule has 1 aliphatic rings. The third-order valence-electron chi connectivity index (χ3n) is 3.54. The lowest BCUT2D eigenvalue weighted by molar-refractivity contribution is -0.144. The van der Waals surface area contributed by atoms with E-state index in [0.29, 0.717) is 13.1 Å². The Labute approximate surface area is 130 Å². The lowest BCUT2D eigenvalue weighted by Gasteiger charge is -2.54. The van der Waals surface area contributed by atoms with Gasteiger partial charge in [0.05, 0.1) is 12.0 Å². The van der Waals surface area contributed by atoms with Crippen molar-refractivity contribution in [1.29, 1.82) is 0 Å². The van der Waals surface area contributed by atoms with Crippen molar-refractivity contribution in [1.82, 2.24) is 9.80 Å². The van der Waals surface area contributed by atoms with E-state index in [-0.39, 0.29) is 12.5 Å². The number of amides is 1. The van der Waals surface area contributed by atoms with Crippen LogP contribution in [0.2, 0.25) is 0 Å². The molecule has 6 nitrogen and oxygen atoms in total. The fourth-order valence-corrected chi connectivity index (χ4v) is 2.81. The number of carbonyl (C=O) groups excluding carboxylic acids is 1. The molecule has 0 unspecified atom stereocenters. The summed E-state index contributed by atoms with van der Waals surface area (Å²) in [5.74, 6) is 0.0967. The van der Waals surface area contributed by atoms with Crippen LogP contribution in [0.15, 0.2) is 0 Å². The van der Waals surface area contributed by atoms with Crippen LogP contribution >= 0.6 is 11.8 Å². The van der Waals surface area contributed by atoms with Gasteiger partial charge >= 0.3 is 12.1 Å². The minimum Gasteiger partial charge on any atom is -0.481 e. The van der Waals surface area contributed by atoms with Crippen LogP contribution in [0, 0.1) is 0 Å². The van der Waals surface area contributed by atoms with Crippen molar-refractivity contribution >= 4 is 23.8 Å². The smallest absolute Gasteiger partial charge is 0.410 e. The van der Waals surface area contributed by atoms with E-state index in [2.05, 4.69) is 4.90 Å². The highest BCUT2D eigenvalue weighted by Gasteiger charge is 2.50. The molecule has 1 fully saturated rings.